The van der Waals surface area contributed by atoms with Crippen molar-refractivity contribution in [2.45, 2.75) is 77.8 Å². The third-order valence-corrected chi connectivity index (χ3v) is 8.03. The van der Waals surface area contributed by atoms with Crippen LogP contribution in [0.2, 0.25) is 0 Å². The Morgan fingerprint density at radius 3 is 2.50 bits per heavy atom. The number of hydrogen-bond donors (Lipinski definition) is 2. The minimum Gasteiger partial charge on any atom is -0.356 e. The van der Waals surface area contributed by atoms with Gasteiger partial charge < -0.3 is 15.2 Å². The second-order valence-electron chi connectivity index (χ2n) is 10.5. The lowest BCUT2D eigenvalue weighted by Crippen LogP contribution is -2.48. The molecule has 2 aliphatic rings. The van der Waals surface area contributed by atoms with E-state index in [1.165, 1.54) is 48.8 Å². The molecular formula is C27H35N7. The molecule has 0 amide bonds. The number of H-pyrrole nitrogens is 1. The van der Waals surface area contributed by atoms with E-state index in [2.05, 4.69) is 71.3 Å². The highest BCUT2D eigenvalue weighted by atomic mass is 15.3. The maximum atomic E-state index is 5.22. The maximum absolute atomic E-state index is 5.22. The molecule has 4 aromatic rings. The molecule has 34 heavy (non-hydrogen) atoms. The number of aromatic nitrogens is 5. The Bertz CT molecular complexity index is 1340. The van der Waals surface area contributed by atoms with Gasteiger partial charge in [-0.15, -0.1) is 0 Å². The van der Waals surface area contributed by atoms with Gasteiger partial charge in [0.2, 0.25) is 0 Å². The summed E-state index contributed by atoms with van der Waals surface area (Å²) in [5, 5.41) is 8.27. The van der Waals surface area contributed by atoms with Crippen molar-refractivity contribution in [1.29, 1.82) is 0 Å². The summed E-state index contributed by atoms with van der Waals surface area (Å²) < 4.78 is 1.88. The van der Waals surface area contributed by atoms with Crippen LogP contribution in [-0.2, 0) is 0 Å². The van der Waals surface area contributed by atoms with Crippen molar-refractivity contribution in [3.8, 4) is 11.3 Å². The van der Waals surface area contributed by atoms with Crippen LogP contribution in [0.1, 0.15) is 68.6 Å². The van der Waals surface area contributed by atoms with Crippen molar-refractivity contribution in [2.24, 2.45) is 0 Å². The lowest BCUT2D eigenvalue weighted by Gasteiger charge is -2.37. The van der Waals surface area contributed by atoms with Crippen LogP contribution in [0.4, 0.5) is 5.82 Å². The highest BCUT2D eigenvalue weighted by Gasteiger charge is 2.26. The van der Waals surface area contributed by atoms with Gasteiger partial charge in [-0.2, -0.15) is 5.10 Å². The average Bonchev–Trinajstić information content (AvgIpc) is 3.43. The van der Waals surface area contributed by atoms with E-state index >= 15 is 0 Å². The molecule has 0 radical (unpaired) electrons. The Morgan fingerprint density at radius 1 is 1.03 bits per heavy atom. The number of anilines is 1. The average molecular weight is 458 g/mol. The van der Waals surface area contributed by atoms with Gasteiger partial charge in [-0.05, 0) is 68.7 Å². The fourth-order valence-electron chi connectivity index (χ4n) is 5.66. The third kappa shape index (κ3) is 3.57. The number of fused-ring (bicyclic) bond motifs is 2. The molecule has 0 unspecified atom stereocenters. The molecule has 178 valence electrons. The Balaban J connectivity index is 1.35. The zero-order valence-electron chi connectivity index (χ0n) is 20.7. The highest BCUT2D eigenvalue weighted by molar-refractivity contribution is 5.90. The fraction of sp³-hybridized carbons (Fsp3) is 0.519. The number of nitrogens with one attached hydrogen (secondary N) is 2. The Morgan fingerprint density at radius 2 is 1.79 bits per heavy atom. The van der Waals surface area contributed by atoms with Crippen LogP contribution >= 0.6 is 0 Å². The van der Waals surface area contributed by atoms with Crippen molar-refractivity contribution in [2.75, 3.05) is 18.0 Å². The zero-order valence-corrected chi connectivity index (χ0v) is 20.7. The van der Waals surface area contributed by atoms with E-state index in [9.17, 15) is 0 Å². The lowest BCUT2D eigenvalue weighted by molar-refractivity contribution is 0.279. The summed E-state index contributed by atoms with van der Waals surface area (Å²) >= 11 is 0. The summed E-state index contributed by atoms with van der Waals surface area (Å²) in [5.74, 6) is 1.44. The predicted octanol–water partition coefficient (Wildman–Crippen LogP) is 5.12. The van der Waals surface area contributed by atoms with Gasteiger partial charge in [0.15, 0.2) is 5.65 Å². The molecule has 0 aromatic carbocycles. The topological polar surface area (TPSA) is 74.1 Å². The monoisotopic (exact) mass is 457 g/mol. The molecule has 2 fully saturated rings. The number of aromatic amines is 1. The van der Waals surface area contributed by atoms with Crippen molar-refractivity contribution in [3.63, 3.8) is 0 Å². The summed E-state index contributed by atoms with van der Waals surface area (Å²) in [6, 6.07) is 5.82. The van der Waals surface area contributed by atoms with Crippen LogP contribution in [0.5, 0.6) is 0 Å². The van der Waals surface area contributed by atoms with E-state index in [1.807, 2.05) is 4.52 Å². The first-order valence-electron chi connectivity index (χ1n) is 12.8. The molecule has 5 heterocycles. The maximum Gasteiger partial charge on any atom is 0.158 e. The highest BCUT2D eigenvalue weighted by Crippen LogP contribution is 2.38. The number of aryl methyl sites for hydroxylation is 1. The fourth-order valence-corrected chi connectivity index (χ4v) is 5.66. The standard InChI is InChI=1S/C27H35N7/c1-16(2)24-25(21-14-34-27(28-15-29-34)18(4)17(21)3)31-22-8-9-23(32-26(22)24)33-12-10-20(11-13-33)30-19-6-5-7-19/h8-9,14-16,19-20,30-31H,5-7,10-13H2,1-4H3. The molecule has 1 saturated heterocycles. The molecule has 4 aromatic heterocycles. The van der Waals surface area contributed by atoms with E-state index < -0.39 is 0 Å². The number of nitrogens with zero attached hydrogens (tertiary/aromatic N) is 5. The van der Waals surface area contributed by atoms with Crippen molar-refractivity contribution in [3.05, 3.63) is 41.3 Å². The van der Waals surface area contributed by atoms with Gasteiger partial charge in [0.1, 0.15) is 12.1 Å². The first-order chi connectivity index (χ1) is 16.5. The first-order valence-corrected chi connectivity index (χ1v) is 12.8. The number of hydrogen-bond acceptors (Lipinski definition) is 5. The number of rotatable bonds is 5. The quantitative estimate of drug-likeness (QED) is 0.435. The van der Waals surface area contributed by atoms with E-state index in [4.69, 9.17) is 4.98 Å². The predicted molar refractivity (Wildman–Crippen MR) is 138 cm³/mol. The Kier molecular flexibility index (Phi) is 5.32. The lowest BCUT2D eigenvalue weighted by atomic mass is 9.91. The smallest absolute Gasteiger partial charge is 0.158 e. The van der Waals surface area contributed by atoms with Crippen LogP contribution in [-0.4, -0.2) is 49.7 Å². The van der Waals surface area contributed by atoms with Gasteiger partial charge in [0, 0.05) is 42.5 Å². The van der Waals surface area contributed by atoms with Crippen molar-refractivity contribution in [1.82, 2.24) is 29.9 Å². The SMILES string of the molecule is Cc1c(-c2[nH]c3ccc(N4CCC(NC5CCC5)CC4)nc3c2C(C)C)cn2ncnc2c1C. The van der Waals surface area contributed by atoms with Crippen molar-refractivity contribution >= 4 is 22.5 Å². The van der Waals surface area contributed by atoms with Crippen LogP contribution in [0, 0.1) is 13.8 Å². The summed E-state index contributed by atoms with van der Waals surface area (Å²) in [6.07, 6.45) is 10.2. The molecule has 7 heteroatoms. The molecule has 2 N–H and O–H groups in total. The van der Waals surface area contributed by atoms with Gasteiger partial charge in [0.05, 0.1) is 16.7 Å². The molecule has 1 aliphatic heterocycles. The molecule has 1 aliphatic carbocycles. The third-order valence-electron chi connectivity index (χ3n) is 8.03. The van der Waals surface area contributed by atoms with Crippen LogP contribution < -0.4 is 10.2 Å². The second kappa shape index (κ2) is 8.38. The molecular weight excluding hydrogens is 422 g/mol. The van der Waals surface area contributed by atoms with E-state index in [0.29, 0.717) is 12.0 Å². The van der Waals surface area contributed by atoms with Gasteiger partial charge in [0.25, 0.3) is 0 Å². The van der Waals surface area contributed by atoms with Gasteiger partial charge in [-0.3, -0.25) is 0 Å². The molecule has 0 atom stereocenters. The minimum atomic E-state index is 0.343. The summed E-state index contributed by atoms with van der Waals surface area (Å²) in [7, 11) is 0. The summed E-state index contributed by atoms with van der Waals surface area (Å²) in [5.41, 5.74) is 9.09. The van der Waals surface area contributed by atoms with E-state index in [1.54, 1.807) is 6.33 Å². The Hall–Kier alpha value is -2.93. The normalized spacial score (nSPS) is 17.9. The number of piperidine rings is 1. The molecule has 0 spiro atoms. The van der Waals surface area contributed by atoms with Gasteiger partial charge in [-0.1, -0.05) is 20.3 Å². The largest absolute Gasteiger partial charge is 0.356 e. The summed E-state index contributed by atoms with van der Waals surface area (Å²) in [6.45, 7) is 11.0. The van der Waals surface area contributed by atoms with Crippen LogP contribution in [0.25, 0.3) is 27.9 Å². The Labute approximate surface area is 201 Å². The molecule has 6 rings (SSSR count). The zero-order chi connectivity index (χ0) is 23.4. The van der Waals surface area contributed by atoms with Gasteiger partial charge >= 0.3 is 0 Å². The number of pyridine rings is 2. The van der Waals surface area contributed by atoms with Crippen molar-refractivity contribution < 1.29 is 0 Å². The van der Waals surface area contributed by atoms with Crippen LogP contribution in [0.3, 0.4) is 0 Å². The molecule has 1 saturated carbocycles. The van der Waals surface area contributed by atoms with Crippen LogP contribution in [0.15, 0.2) is 24.7 Å². The first kappa shape index (κ1) is 21.6. The summed E-state index contributed by atoms with van der Waals surface area (Å²) in [4.78, 5) is 15.8. The molecule has 0 bridgehead atoms. The molecule has 7 nitrogen and oxygen atoms in total. The van der Waals surface area contributed by atoms with Gasteiger partial charge in [-0.25, -0.2) is 14.5 Å². The minimum absolute atomic E-state index is 0.343. The van der Waals surface area contributed by atoms with E-state index in [-0.39, 0.29) is 0 Å². The van der Waals surface area contributed by atoms with E-state index in [0.717, 1.165) is 52.9 Å². The second-order valence-corrected chi connectivity index (χ2v) is 10.5.